The number of halogens is 3. The van der Waals surface area contributed by atoms with Crippen molar-refractivity contribution in [3.05, 3.63) is 56.5 Å². The van der Waals surface area contributed by atoms with Gasteiger partial charge in [-0.15, -0.1) is 0 Å². The van der Waals surface area contributed by atoms with Crippen LogP contribution in [0.15, 0.2) is 30.3 Å². The smallest absolute Gasteiger partial charge is 0.163 e. The largest absolute Gasteiger partial charge is 0.493 e. The van der Waals surface area contributed by atoms with Crippen molar-refractivity contribution in [2.24, 2.45) is 0 Å². The lowest BCUT2D eigenvalue weighted by molar-refractivity contribution is 0.0770. The maximum atomic E-state index is 6.43. The molecule has 0 fully saturated rings. The average Bonchev–Trinajstić information content (AvgIpc) is 2.65. The molecule has 0 unspecified atom stereocenters. The van der Waals surface area contributed by atoms with E-state index in [0.29, 0.717) is 33.1 Å². The highest BCUT2D eigenvalue weighted by atomic mass is 35.5. The summed E-state index contributed by atoms with van der Waals surface area (Å²) in [7, 11) is 1.60. The van der Waals surface area contributed by atoms with E-state index in [-0.39, 0.29) is 12.7 Å². The molecule has 0 atom stereocenters. The van der Waals surface area contributed by atoms with Crippen LogP contribution in [-0.4, -0.2) is 26.4 Å². The van der Waals surface area contributed by atoms with E-state index < -0.39 is 0 Å². The topological polar surface area (TPSA) is 39.7 Å². The number of methoxy groups -OCH3 is 1. The van der Waals surface area contributed by atoms with Gasteiger partial charge < -0.3 is 19.5 Å². The van der Waals surface area contributed by atoms with Crippen LogP contribution in [0, 0.1) is 0 Å². The second-order valence-corrected chi connectivity index (χ2v) is 7.75. The minimum Gasteiger partial charge on any atom is -0.493 e. The molecule has 154 valence electrons. The Morgan fingerprint density at radius 2 is 1.71 bits per heavy atom. The van der Waals surface area contributed by atoms with Gasteiger partial charge in [-0.25, -0.2) is 0 Å². The number of hydrogen-bond donors (Lipinski definition) is 1. The van der Waals surface area contributed by atoms with E-state index in [4.69, 9.17) is 49.0 Å². The van der Waals surface area contributed by atoms with Gasteiger partial charge in [-0.2, -0.15) is 0 Å². The highest BCUT2D eigenvalue weighted by molar-refractivity contribution is 6.36. The molecular weight excluding hydrogens is 421 g/mol. The van der Waals surface area contributed by atoms with Crippen molar-refractivity contribution in [3.63, 3.8) is 0 Å². The van der Waals surface area contributed by atoms with Crippen LogP contribution in [0.4, 0.5) is 0 Å². The van der Waals surface area contributed by atoms with Crippen LogP contribution in [0.5, 0.6) is 11.5 Å². The Kier molecular flexibility index (Phi) is 9.69. The zero-order valence-electron chi connectivity index (χ0n) is 16.4. The van der Waals surface area contributed by atoms with E-state index in [1.54, 1.807) is 31.4 Å². The molecule has 2 rings (SSSR count). The molecule has 0 heterocycles. The van der Waals surface area contributed by atoms with Crippen LogP contribution in [0.25, 0.3) is 0 Å². The molecule has 0 amide bonds. The SMILES string of the molecule is COc1cc(CNCCCOC(C)C)c(Cl)cc1OCc1c(Cl)cccc1Cl. The van der Waals surface area contributed by atoms with Crippen molar-refractivity contribution in [3.8, 4) is 11.5 Å². The average molecular weight is 447 g/mol. The van der Waals surface area contributed by atoms with E-state index in [2.05, 4.69) is 5.32 Å². The van der Waals surface area contributed by atoms with Crippen molar-refractivity contribution in [1.29, 1.82) is 0 Å². The fourth-order valence-electron chi connectivity index (χ4n) is 2.54. The standard InChI is InChI=1S/C21H26Cl3NO3/c1-14(2)27-9-5-8-25-12-15-10-20(26-3)21(11-19(15)24)28-13-16-17(22)6-4-7-18(16)23/h4,6-7,10-11,14,25H,5,8-9,12-13H2,1-3H3. The van der Waals surface area contributed by atoms with Crippen LogP contribution >= 0.6 is 34.8 Å². The Morgan fingerprint density at radius 1 is 1.00 bits per heavy atom. The minimum atomic E-state index is 0.221. The Labute approximate surface area is 182 Å². The van der Waals surface area contributed by atoms with Gasteiger partial charge in [0.05, 0.1) is 13.2 Å². The van der Waals surface area contributed by atoms with E-state index >= 15 is 0 Å². The number of nitrogens with one attached hydrogen (secondary N) is 1. The van der Waals surface area contributed by atoms with Crippen molar-refractivity contribution in [2.75, 3.05) is 20.3 Å². The van der Waals surface area contributed by atoms with E-state index in [1.807, 2.05) is 19.9 Å². The predicted molar refractivity (Wildman–Crippen MR) is 116 cm³/mol. The summed E-state index contributed by atoms with van der Waals surface area (Å²) >= 11 is 18.8. The molecule has 1 N–H and O–H groups in total. The summed E-state index contributed by atoms with van der Waals surface area (Å²) < 4.78 is 16.9. The summed E-state index contributed by atoms with van der Waals surface area (Å²) in [6.07, 6.45) is 1.19. The van der Waals surface area contributed by atoms with E-state index in [9.17, 15) is 0 Å². The Hall–Kier alpha value is -1.17. The van der Waals surface area contributed by atoms with Gasteiger partial charge >= 0.3 is 0 Å². The summed E-state index contributed by atoms with van der Waals surface area (Å²) in [5.74, 6) is 1.14. The van der Waals surface area contributed by atoms with Crippen LogP contribution in [0.2, 0.25) is 15.1 Å². The molecule has 0 aliphatic rings. The molecular formula is C21H26Cl3NO3. The van der Waals surface area contributed by atoms with Crippen molar-refractivity contribution < 1.29 is 14.2 Å². The molecule has 0 bridgehead atoms. The minimum absolute atomic E-state index is 0.221. The van der Waals surface area contributed by atoms with E-state index in [1.165, 1.54) is 0 Å². The van der Waals surface area contributed by atoms with Crippen LogP contribution in [-0.2, 0) is 17.9 Å². The van der Waals surface area contributed by atoms with Gasteiger partial charge in [0.1, 0.15) is 6.61 Å². The van der Waals surface area contributed by atoms with Crippen molar-refractivity contribution in [2.45, 2.75) is 39.5 Å². The van der Waals surface area contributed by atoms with Gasteiger partial charge in [0, 0.05) is 39.8 Å². The molecule has 2 aromatic carbocycles. The third-order valence-electron chi connectivity index (χ3n) is 4.03. The third kappa shape index (κ3) is 7.02. The quantitative estimate of drug-likeness (QED) is 0.421. The molecule has 28 heavy (non-hydrogen) atoms. The maximum Gasteiger partial charge on any atom is 0.163 e. The lowest BCUT2D eigenvalue weighted by Crippen LogP contribution is -2.17. The van der Waals surface area contributed by atoms with Gasteiger partial charge in [-0.05, 0) is 50.6 Å². The predicted octanol–water partition coefficient (Wildman–Crippen LogP) is 6.14. The fraction of sp³-hybridized carbons (Fsp3) is 0.429. The van der Waals surface area contributed by atoms with Crippen molar-refractivity contribution in [1.82, 2.24) is 5.32 Å². The summed E-state index contributed by atoms with van der Waals surface area (Å²) in [4.78, 5) is 0. The van der Waals surface area contributed by atoms with Gasteiger partial charge in [0.25, 0.3) is 0 Å². The molecule has 0 aliphatic carbocycles. The Bertz CT molecular complexity index is 749. The van der Waals surface area contributed by atoms with Crippen LogP contribution in [0.3, 0.4) is 0 Å². The molecule has 0 aliphatic heterocycles. The van der Waals surface area contributed by atoms with Crippen LogP contribution < -0.4 is 14.8 Å². The molecule has 0 saturated carbocycles. The molecule has 0 saturated heterocycles. The zero-order valence-corrected chi connectivity index (χ0v) is 18.6. The number of benzene rings is 2. The summed E-state index contributed by atoms with van der Waals surface area (Å²) in [6.45, 7) is 6.49. The molecule has 0 radical (unpaired) electrons. The molecule has 7 heteroatoms. The first-order chi connectivity index (χ1) is 13.4. The monoisotopic (exact) mass is 445 g/mol. The highest BCUT2D eigenvalue weighted by Gasteiger charge is 2.13. The van der Waals surface area contributed by atoms with Gasteiger partial charge in [-0.1, -0.05) is 40.9 Å². The summed E-state index contributed by atoms with van der Waals surface area (Å²) in [5.41, 5.74) is 1.66. The molecule has 2 aromatic rings. The number of ether oxygens (including phenoxy) is 3. The normalized spacial score (nSPS) is 11.1. The first-order valence-corrected chi connectivity index (χ1v) is 10.3. The third-order valence-corrected chi connectivity index (χ3v) is 5.09. The lowest BCUT2D eigenvalue weighted by atomic mass is 10.2. The highest BCUT2D eigenvalue weighted by Crippen LogP contribution is 2.35. The van der Waals surface area contributed by atoms with Gasteiger partial charge in [0.2, 0.25) is 0 Å². The summed E-state index contributed by atoms with van der Waals surface area (Å²) in [6, 6.07) is 8.98. The van der Waals surface area contributed by atoms with E-state index in [0.717, 1.165) is 30.7 Å². The molecule has 0 spiro atoms. The van der Waals surface area contributed by atoms with Crippen LogP contribution in [0.1, 0.15) is 31.4 Å². The number of rotatable bonds is 11. The fourth-order valence-corrected chi connectivity index (χ4v) is 3.27. The van der Waals surface area contributed by atoms with Crippen molar-refractivity contribution >= 4 is 34.8 Å². The van der Waals surface area contributed by atoms with Gasteiger partial charge in [-0.3, -0.25) is 0 Å². The zero-order chi connectivity index (χ0) is 20.5. The second kappa shape index (κ2) is 11.7. The molecule has 4 nitrogen and oxygen atoms in total. The Morgan fingerprint density at radius 3 is 2.36 bits per heavy atom. The summed E-state index contributed by atoms with van der Waals surface area (Å²) in [5, 5.41) is 5.08. The molecule has 0 aromatic heterocycles. The first kappa shape index (κ1) is 23.1. The second-order valence-electron chi connectivity index (χ2n) is 6.53. The number of hydrogen-bond acceptors (Lipinski definition) is 4. The van der Waals surface area contributed by atoms with Gasteiger partial charge in [0.15, 0.2) is 11.5 Å². The lowest BCUT2D eigenvalue weighted by Gasteiger charge is -2.15. The first-order valence-electron chi connectivity index (χ1n) is 9.16. The Balaban J connectivity index is 1.97. The maximum absolute atomic E-state index is 6.43.